The fourth-order valence-electron chi connectivity index (χ4n) is 3.67. The van der Waals surface area contributed by atoms with Crippen molar-refractivity contribution in [2.45, 2.75) is 49.9 Å². The summed E-state index contributed by atoms with van der Waals surface area (Å²) >= 11 is 6.31. The second kappa shape index (κ2) is 12.1. The molecule has 0 bridgehead atoms. The van der Waals surface area contributed by atoms with Gasteiger partial charge in [0.1, 0.15) is 16.7 Å². The standard InChI is InChI=1S/C27H29ClN2O6S/c1-4-24(36-18-11-7-6-8-12-18)26(32)30-22-15-20(28)21(16-23(22)31)29-27(33)25(5-2)37(34,35)19-13-9-10-17(3)14-19/h6-16,24-25,31H,4-5H2,1-3H3,(H,29,33)(H,30,32). The number of carbonyl (C=O) groups is 2. The van der Waals surface area contributed by atoms with Crippen LogP contribution in [0.4, 0.5) is 11.4 Å². The number of rotatable bonds is 10. The molecule has 3 aromatic carbocycles. The molecule has 196 valence electrons. The minimum absolute atomic E-state index is 0.00119. The highest BCUT2D eigenvalue weighted by atomic mass is 35.5. The fourth-order valence-corrected chi connectivity index (χ4v) is 5.61. The molecule has 0 radical (unpaired) electrons. The number of nitrogens with one attached hydrogen (secondary N) is 2. The van der Waals surface area contributed by atoms with Gasteiger partial charge in [-0.15, -0.1) is 0 Å². The van der Waals surface area contributed by atoms with Gasteiger partial charge in [-0.05, 0) is 55.7 Å². The van der Waals surface area contributed by atoms with Crippen molar-refractivity contribution in [1.82, 2.24) is 0 Å². The van der Waals surface area contributed by atoms with Crippen molar-refractivity contribution in [2.75, 3.05) is 10.6 Å². The number of para-hydroxylation sites is 1. The zero-order valence-electron chi connectivity index (χ0n) is 20.7. The van der Waals surface area contributed by atoms with Crippen LogP contribution in [0, 0.1) is 6.92 Å². The number of benzene rings is 3. The Morgan fingerprint density at radius 1 is 0.919 bits per heavy atom. The Morgan fingerprint density at radius 3 is 2.22 bits per heavy atom. The molecule has 0 saturated heterocycles. The number of ether oxygens (including phenoxy) is 1. The lowest BCUT2D eigenvalue weighted by molar-refractivity contribution is -0.122. The van der Waals surface area contributed by atoms with Gasteiger partial charge in [-0.3, -0.25) is 9.59 Å². The molecule has 10 heteroatoms. The summed E-state index contributed by atoms with van der Waals surface area (Å²) < 4.78 is 31.9. The van der Waals surface area contributed by atoms with E-state index in [1.165, 1.54) is 18.2 Å². The van der Waals surface area contributed by atoms with Gasteiger partial charge in [-0.1, -0.05) is 55.8 Å². The molecule has 3 aromatic rings. The van der Waals surface area contributed by atoms with E-state index in [0.717, 1.165) is 11.6 Å². The zero-order chi connectivity index (χ0) is 27.2. The summed E-state index contributed by atoms with van der Waals surface area (Å²) in [6, 6.07) is 17.6. The number of phenols is 1. The van der Waals surface area contributed by atoms with E-state index < -0.39 is 33.0 Å². The molecule has 2 atom stereocenters. The Morgan fingerprint density at radius 2 is 1.59 bits per heavy atom. The number of carbonyl (C=O) groups excluding carboxylic acids is 2. The van der Waals surface area contributed by atoms with Crippen LogP contribution in [0.25, 0.3) is 0 Å². The van der Waals surface area contributed by atoms with E-state index in [0.29, 0.717) is 12.2 Å². The number of anilines is 2. The highest BCUT2D eigenvalue weighted by Crippen LogP contribution is 2.34. The third-order valence-corrected chi connectivity index (χ3v) is 8.16. The molecule has 2 amide bonds. The number of halogens is 1. The Kier molecular flexibility index (Phi) is 9.18. The normalized spacial score (nSPS) is 12.9. The number of hydrogen-bond acceptors (Lipinski definition) is 6. The summed E-state index contributed by atoms with van der Waals surface area (Å²) in [4.78, 5) is 25.8. The van der Waals surface area contributed by atoms with Gasteiger partial charge in [-0.25, -0.2) is 8.42 Å². The summed E-state index contributed by atoms with van der Waals surface area (Å²) in [5.41, 5.74) is 0.775. The van der Waals surface area contributed by atoms with Crippen LogP contribution in [-0.4, -0.2) is 36.7 Å². The van der Waals surface area contributed by atoms with Gasteiger partial charge in [0.05, 0.1) is 21.3 Å². The number of hydrogen-bond donors (Lipinski definition) is 3. The summed E-state index contributed by atoms with van der Waals surface area (Å²) in [6.07, 6.45) is -0.422. The molecule has 0 aliphatic heterocycles. The van der Waals surface area contributed by atoms with E-state index in [1.807, 2.05) is 6.07 Å². The van der Waals surface area contributed by atoms with Gasteiger partial charge in [0.25, 0.3) is 5.91 Å². The number of aromatic hydroxyl groups is 1. The number of sulfone groups is 1. The number of aryl methyl sites for hydroxylation is 1. The Labute approximate surface area is 221 Å². The quantitative estimate of drug-likeness (QED) is 0.296. The van der Waals surface area contributed by atoms with Crippen LogP contribution in [0.3, 0.4) is 0 Å². The summed E-state index contributed by atoms with van der Waals surface area (Å²) in [7, 11) is -3.97. The number of amides is 2. The molecule has 0 aliphatic rings. The van der Waals surface area contributed by atoms with E-state index in [-0.39, 0.29) is 33.5 Å². The lowest BCUT2D eigenvalue weighted by atomic mass is 10.2. The Balaban J connectivity index is 1.76. The predicted molar refractivity (Wildman–Crippen MR) is 144 cm³/mol. The minimum atomic E-state index is -3.97. The summed E-state index contributed by atoms with van der Waals surface area (Å²) in [6.45, 7) is 5.14. The van der Waals surface area contributed by atoms with E-state index in [9.17, 15) is 23.1 Å². The molecule has 0 heterocycles. The Hall–Kier alpha value is -3.56. The van der Waals surface area contributed by atoms with Crippen molar-refractivity contribution in [3.8, 4) is 11.5 Å². The van der Waals surface area contributed by atoms with Crippen LogP contribution in [-0.2, 0) is 19.4 Å². The number of phenolic OH excluding ortho intramolecular Hbond substituents is 1. The van der Waals surface area contributed by atoms with Gasteiger partial charge in [0.2, 0.25) is 5.91 Å². The van der Waals surface area contributed by atoms with Crippen molar-refractivity contribution < 1.29 is 27.9 Å². The van der Waals surface area contributed by atoms with Crippen LogP contribution in [0.15, 0.2) is 71.6 Å². The van der Waals surface area contributed by atoms with E-state index in [1.54, 1.807) is 57.2 Å². The maximum atomic E-state index is 13.1. The first-order valence-electron chi connectivity index (χ1n) is 11.7. The SMILES string of the molecule is CCC(Oc1ccccc1)C(=O)Nc1cc(Cl)c(NC(=O)C(CC)S(=O)(=O)c2cccc(C)c2)cc1O. The average molecular weight is 545 g/mol. The summed E-state index contributed by atoms with van der Waals surface area (Å²) in [5, 5.41) is 14.2. The molecule has 37 heavy (non-hydrogen) atoms. The molecule has 2 unspecified atom stereocenters. The van der Waals surface area contributed by atoms with Crippen molar-refractivity contribution in [3.63, 3.8) is 0 Å². The van der Waals surface area contributed by atoms with Crippen molar-refractivity contribution >= 4 is 44.6 Å². The van der Waals surface area contributed by atoms with Gasteiger partial charge < -0.3 is 20.5 Å². The highest BCUT2D eigenvalue weighted by Gasteiger charge is 2.33. The van der Waals surface area contributed by atoms with Gasteiger partial charge in [0, 0.05) is 6.07 Å². The molecule has 0 aliphatic carbocycles. The first-order chi connectivity index (χ1) is 17.6. The van der Waals surface area contributed by atoms with E-state index in [4.69, 9.17) is 16.3 Å². The van der Waals surface area contributed by atoms with Crippen molar-refractivity contribution in [3.05, 3.63) is 77.3 Å². The molecular formula is C27H29ClN2O6S. The van der Waals surface area contributed by atoms with Crippen LogP contribution < -0.4 is 15.4 Å². The third-order valence-electron chi connectivity index (χ3n) is 5.64. The van der Waals surface area contributed by atoms with Crippen LogP contribution >= 0.6 is 11.6 Å². The monoisotopic (exact) mass is 544 g/mol. The third kappa shape index (κ3) is 6.81. The molecule has 3 N–H and O–H groups in total. The lowest BCUT2D eigenvalue weighted by Gasteiger charge is -2.19. The van der Waals surface area contributed by atoms with Crippen LogP contribution in [0.2, 0.25) is 5.02 Å². The topological polar surface area (TPSA) is 122 Å². The van der Waals surface area contributed by atoms with Gasteiger partial charge in [-0.2, -0.15) is 0 Å². The second-order valence-corrected chi connectivity index (χ2v) is 11.0. The smallest absolute Gasteiger partial charge is 0.265 e. The molecule has 0 aromatic heterocycles. The Bertz CT molecular complexity index is 1380. The highest BCUT2D eigenvalue weighted by molar-refractivity contribution is 7.92. The first-order valence-corrected chi connectivity index (χ1v) is 13.7. The largest absolute Gasteiger partial charge is 0.506 e. The zero-order valence-corrected chi connectivity index (χ0v) is 22.3. The van der Waals surface area contributed by atoms with E-state index >= 15 is 0 Å². The molecule has 0 fully saturated rings. The van der Waals surface area contributed by atoms with Gasteiger partial charge in [0.15, 0.2) is 15.9 Å². The fraction of sp³-hybridized carbons (Fsp3) is 0.259. The molecule has 8 nitrogen and oxygen atoms in total. The molecule has 0 saturated carbocycles. The van der Waals surface area contributed by atoms with Crippen molar-refractivity contribution in [2.24, 2.45) is 0 Å². The maximum Gasteiger partial charge on any atom is 0.265 e. The average Bonchev–Trinajstić information content (AvgIpc) is 2.86. The maximum absolute atomic E-state index is 13.1. The minimum Gasteiger partial charge on any atom is -0.506 e. The lowest BCUT2D eigenvalue weighted by Crippen LogP contribution is -2.35. The molecule has 0 spiro atoms. The van der Waals surface area contributed by atoms with Gasteiger partial charge >= 0.3 is 0 Å². The van der Waals surface area contributed by atoms with Crippen LogP contribution in [0.5, 0.6) is 11.5 Å². The van der Waals surface area contributed by atoms with Crippen molar-refractivity contribution in [1.29, 1.82) is 0 Å². The molecular weight excluding hydrogens is 516 g/mol. The molecule has 3 rings (SSSR count). The summed E-state index contributed by atoms with van der Waals surface area (Å²) in [5.74, 6) is -1.12. The predicted octanol–water partition coefficient (Wildman–Crippen LogP) is 5.34. The first kappa shape index (κ1) is 28.0. The van der Waals surface area contributed by atoms with Crippen LogP contribution in [0.1, 0.15) is 32.3 Å². The second-order valence-electron chi connectivity index (χ2n) is 8.41. The van der Waals surface area contributed by atoms with E-state index in [2.05, 4.69) is 10.6 Å².